The standard InChI is InChI=1S/C19H19N5O3/c1-12-5-3-8-15-17(12)21-11-24(18(15)26)10-16(25)22-13-6-4-7-14(9-13)23-19(27)20-2/h3-9,11H,10H2,1-2H3,(H,22,25)(H2,20,23,27). The first-order chi connectivity index (χ1) is 13.0. The van der Waals surface area contributed by atoms with Gasteiger partial charge in [-0.15, -0.1) is 0 Å². The lowest BCUT2D eigenvalue weighted by molar-refractivity contribution is -0.116. The van der Waals surface area contributed by atoms with E-state index < -0.39 is 0 Å². The number of nitrogens with zero attached hydrogens (tertiary/aromatic N) is 2. The number of fused-ring (bicyclic) bond motifs is 1. The second kappa shape index (κ2) is 7.69. The van der Waals surface area contributed by atoms with E-state index in [0.717, 1.165) is 5.56 Å². The van der Waals surface area contributed by atoms with Crippen LogP contribution in [0.2, 0.25) is 0 Å². The van der Waals surface area contributed by atoms with E-state index in [-0.39, 0.29) is 24.0 Å². The molecule has 0 saturated carbocycles. The van der Waals surface area contributed by atoms with E-state index in [4.69, 9.17) is 0 Å². The third-order valence-corrected chi connectivity index (χ3v) is 4.00. The number of hydrogen-bond acceptors (Lipinski definition) is 4. The van der Waals surface area contributed by atoms with Crippen LogP contribution in [-0.2, 0) is 11.3 Å². The van der Waals surface area contributed by atoms with Crippen LogP contribution in [0.15, 0.2) is 53.6 Å². The van der Waals surface area contributed by atoms with Gasteiger partial charge in [0.05, 0.1) is 17.2 Å². The second-order valence-corrected chi connectivity index (χ2v) is 5.98. The van der Waals surface area contributed by atoms with Crippen LogP contribution in [0.3, 0.4) is 0 Å². The van der Waals surface area contributed by atoms with Crippen molar-refractivity contribution in [1.29, 1.82) is 0 Å². The fourth-order valence-corrected chi connectivity index (χ4v) is 2.67. The Labute approximate surface area is 155 Å². The zero-order chi connectivity index (χ0) is 19.4. The van der Waals surface area contributed by atoms with Crippen molar-refractivity contribution in [1.82, 2.24) is 14.9 Å². The summed E-state index contributed by atoms with van der Waals surface area (Å²) < 4.78 is 1.27. The molecule has 0 bridgehead atoms. The van der Waals surface area contributed by atoms with Crippen LogP contribution in [0.25, 0.3) is 10.9 Å². The molecule has 8 nitrogen and oxygen atoms in total. The van der Waals surface area contributed by atoms with Crippen molar-refractivity contribution in [2.45, 2.75) is 13.5 Å². The summed E-state index contributed by atoms with van der Waals surface area (Å²) in [5.41, 5.74) is 2.31. The molecule has 0 fully saturated rings. The Morgan fingerprint density at radius 2 is 1.78 bits per heavy atom. The molecule has 27 heavy (non-hydrogen) atoms. The van der Waals surface area contributed by atoms with Crippen LogP contribution in [-0.4, -0.2) is 28.5 Å². The lowest BCUT2D eigenvalue weighted by Crippen LogP contribution is -2.28. The Balaban J connectivity index is 1.76. The highest BCUT2D eigenvalue weighted by Crippen LogP contribution is 2.15. The average molecular weight is 365 g/mol. The lowest BCUT2D eigenvalue weighted by atomic mass is 10.1. The molecule has 1 aromatic heterocycles. The van der Waals surface area contributed by atoms with Gasteiger partial charge < -0.3 is 16.0 Å². The predicted octanol–water partition coefficient (Wildman–Crippen LogP) is 2.09. The van der Waals surface area contributed by atoms with Crippen molar-refractivity contribution in [3.05, 3.63) is 64.7 Å². The summed E-state index contributed by atoms with van der Waals surface area (Å²) in [6, 6.07) is 11.7. The Hall–Kier alpha value is -3.68. The van der Waals surface area contributed by atoms with Gasteiger partial charge in [0.2, 0.25) is 5.91 Å². The van der Waals surface area contributed by atoms with E-state index in [1.807, 2.05) is 13.0 Å². The van der Waals surface area contributed by atoms with Gasteiger partial charge in [-0.2, -0.15) is 0 Å². The van der Waals surface area contributed by atoms with Crippen LogP contribution in [0, 0.1) is 6.92 Å². The minimum Gasteiger partial charge on any atom is -0.341 e. The van der Waals surface area contributed by atoms with Crippen LogP contribution < -0.4 is 21.5 Å². The summed E-state index contributed by atoms with van der Waals surface area (Å²) in [5, 5.41) is 8.26. The number of hydrogen-bond donors (Lipinski definition) is 3. The average Bonchev–Trinajstić information content (AvgIpc) is 2.64. The SMILES string of the molecule is CNC(=O)Nc1cccc(NC(=O)Cn2cnc3c(C)cccc3c2=O)c1. The van der Waals surface area contributed by atoms with Crippen molar-refractivity contribution in [3.63, 3.8) is 0 Å². The maximum atomic E-state index is 12.6. The molecule has 0 spiro atoms. The van der Waals surface area contributed by atoms with Crippen LogP contribution >= 0.6 is 0 Å². The Kier molecular flexibility index (Phi) is 5.16. The van der Waals surface area contributed by atoms with E-state index in [9.17, 15) is 14.4 Å². The normalized spacial score (nSPS) is 10.4. The number of benzene rings is 2. The predicted molar refractivity (Wildman–Crippen MR) is 104 cm³/mol. The van der Waals surface area contributed by atoms with Gasteiger partial charge >= 0.3 is 6.03 Å². The largest absolute Gasteiger partial charge is 0.341 e. The van der Waals surface area contributed by atoms with E-state index in [1.165, 1.54) is 17.9 Å². The summed E-state index contributed by atoms with van der Waals surface area (Å²) in [7, 11) is 1.51. The van der Waals surface area contributed by atoms with E-state index in [1.54, 1.807) is 36.4 Å². The van der Waals surface area contributed by atoms with Gasteiger partial charge in [-0.05, 0) is 36.8 Å². The summed E-state index contributed by atoms with van der Waals surface area (Å²) in [4.78, 5) is 40.6. The molecule has 0 radical (unpaired) electrons. The summed E-state index contributed by atoms with van der Waals surface area (Å²) in [6.45, 7) is 1.72. The number of para-hydroxylation sites is 1. The number of aryl methyl sites for hydroxylation is 1. The van der Waals surface area contributed by atoms with Crippen molar-refractivity contribution < 1.29 is 9.59 Å². The molecule has 3 N–H and O–H groups in total. The number of anilines is 2. The molecule has 3 aromatic rings. The van der Waals surface area contributed by atoms with Gasteiger partial charge in [-0.3, -0.25) is 14.2 Å². The molecule has 3 amide bonds. The molecular weight excluding hydrogens is 346 g/mol. The maximum Gasteiger partial charge on any atom is 0.318 e. The van der Waals surface area contributed by atoms with Crippen LogP contribution in [0.1, 0.15) is 5.56 Å². The van der Waals surface area contributed by atoms with Crippen molar-refractivity contribution in [2.75, 3.05) is 17.7 Å². The number of carbonyl (C=O) groups excluding carboxylic acids is 2. The Bertz CT molecular complexity index is 1070. The minimum atomic E-state index is -0.372. The molecule has 0 saturated heterocycles. The molecule has 1 heterocycles. The molecule has 0 aliphatic carbocycles. The van der Waals surface area contributed by atoms with Gasteiger partial charge in [-0.1, -0.05) is 18.2 Å². The highest BCUT2D eigenvalue weighted by Gasteiger charge is 2.10. The molecule has 0 atom stereocenters. The monoisotopic (exact) mass is 365 g/mol. The number of aromatic nitrogens is 2. The second-order valence-electron chi connectivity index (χ2n) is 5.98. The third kappa shape index (κ3) is 4.12. The van der Waals surface area contributed by atoms with Gasteiger partial charge in [0.25, 0.3) is 5.56 Å². The number of carbonyl (C=O) groups is 2. The van der Waals surface area contributed by atoms with Gasteiger partial charge in [0.1, 0.15) is 6.54 Å². The quantitative estimate of drug-likeness (QED) is 0.658. The Morgan fingerprint density at radius 1 is 1.07 bits per heavy atom. The molecule has 3 rings (SSSR count). The molecule has 0 aliphatic rings. The van der Waals surface area contributed by atoms with Crippen LogP contribution in [0.4, 0.5) is 16.2 Å². The fourth-order valence-electron chi connectivity index (χ4n) is 2.67. The topological polar surface area (TPSA) is 105 Å². The zero-order valence-electron chi connectivity index (χ0n) is 14.9. The molecular formula is C19H19N5O3. The van der Waals surface area contributed by atoms with Gasteiger partial charge in [0, 0.05) is 18.4 Å². The molecule has 8 heteroatoms. The summed E-state index contributed by atoms with van der Waals surface area (Å²) in [5.74, 6) is -0.372. The number of rotatable bonds is 4. The number of amides is 3. The van der Waals surface area contributed by atoms with Crippen molar-refractivity contribution in [2.24, 2.45) is 0 Å². The van der Waals surface area contributed by atoms with Crippen molar-refractivity contribution >= 4 is 34.2 Å². The van der Waals surface area contributed by atoms with Crippen molar-refractivity contribution in [3.8, 4) is 0 Å². The number of nitrogens with one attached hydrogen (secondary N) is 3. The fraction of sp³-hybridized carbons (Fsp3) is 0.158. The first kappa shape index (κ1) is 18.1. The molecule has 138 valence electrons. The third-order valence-electron chi connectivity index (χ3n) is 4.00. The summed E-state index contributed by atoms with van der Waals surface area (Å²) >= 11 is 0. The van der Waals surface area contributed by atoms with Crippen LogP contribution in [0.5, 0.6) is 0 Å². The summed E-state index contributed by atoms with van der Waals surface area (Å²) in [6.07, 6.45) is 1.38. The molecule has 2 aromatic carbocycles. The highest BCUT2D eigenvalue weighted by molar-refractivity contribution is 5.93. The van der Waals surface area contributed by atoms with Gasteiger partial charge in [-0.25, -0.2) is 9.78 Å². The zero-order valence-corrected chi connectivity index (χ0v) is 14.9. The first-order valence-corrected chi connectivity index (χ1v) is 8.31. The minimum absolute atomic E-state index is 0.164. The number of urea groups is 1. The lowest BCUT2D eigenvalue weighted by Gasteiger charge is -2.10. The molecule has 0 unspecified atom stereocenters. The van der Waals surface area contributed by atoms with E-state index in [2.05, 4.69) is 20.9 Å². The Morgan fingerprint density at radius 3 is 2.52 bits per heavy atom. The van der Waals surface area contributed by atoms with E-state index >= 15 is 0 Å². The maximum absolute atomic E-state index is 12.6. The van der Waals surface area contributed by atoms with Gasteiger partial charge in [0.15, 0.2) is 0 Å². The molecule has 0 aliphatic heterocycles. The highest BCUT2D eigenvalue weighted by atomic mass is 16.2. The smallest absolute Gasteiger partial charge is 0.318 e. The van der Waals surface area contributed by atoms with E-state index in [0.29, 0.717) is 22.3 Å². The first-order valence-electron chi connectivity index (χ1n) is 8.31.